The first kappa shape index (κ1) is 10.7. The molecular formula is C8H8BrFO2S. The summed E-state index contributed by atoms with van der Waals surface area (Å²) < 4.78 is 35.8. The molecule has 0 heterocycles. The number of rotatable bonds is 1. The molecule has 0 fully saturated rings. The fraction of sp³-hybridized carbons (Fsp3) is 0.250. The third kappa shape index (κ3) is 2.08. The van der Waals surface area contributed by atoms with Crippen molar-refractivity contribution in [2.24, 2.45) is 0 Å². The SMILES string of the molecule is Cc1c(S(C)(=O)=O)ccc(Br)c1F. The van der Waals surface area contributed by atoms with E-state index in [2.05, 4.69) is 15.9 Å². The van der Waals surface area contributed by atoms with E-state index in [1.54, 1.807) is 0 Å². The second kappa shape index (κ2) is 3.38. The highest BCUT2D eigenvalue weighted by atomic mass is 79.9. The summed E-state index contributed by atoms with van der Waals surface area (Å²) in [6, 6.07) is 2.77. The van der Waals surface area contributed by atoms with Crippen molar-refractivity contribution in [3.05, 3.63) is 28.0 Å². The number of hydrogen-bond acceptors (Lipinski definition) is 2. The van der Waals surface area contributed by atoms with Gasteiger partial charge in [-0.3, -0.25) is 0 Å². The monoisotopic (exact) mass is 266 g/mol. The summed E-state index contributed by atoms with van der Waals surface area (Å²) in [4.78, 5) is 0.0354. The van der Waals surface area contributed by atoms with Gasteiger partial charge in [-0.25, -0.2) is 12.8 Å². The van der Waals surface area contributed by atoms with Crippen molar-refractivity contribution in [2.45, 2.75) is 11.8 Å². The van der Waals surface area contributed by atoms with E-state index in [1.807, 2.05) is 0 Å². The van der Waals surface area contributed by atoms with Crippen LogP contribution in [-0.2, 0) is 9.84 Å². The molecule has 0 atom stereocenters. The van der Waals surface area contributed by atoms with Crippen LogP contribution >= 0.6 is 15.9 Å². The van der Waals surface area contributed by atoms with Crippen LogP contribution in [0.5, 0.6) is 0 Å². The van der Waals surface area contributed by atoms with Crippen LogP contribution in [0.15, 0.2) is 21.5 Å². The van der Waals surface area contributed by atoms with Crippen LogP contribution in [0, 0.1) is 12.7 Å². The molecule has 0 aliphatic carbocycles. The van der Waals surface area contributed by atoms with Gasteiger partial charge in [-0.05, 0) is 35.0 Å². The van der Waals surface area contributed by atoms with Gasteiger partial charge in [0, 0.05) is 11.8 Å². The number of halogens is 2. The van der Waals surface area contributed by atoms with Crippen molar-refractivity contribution in [1.82, 2.24) is 0 Å². The summed E-state index contributed by atoms with van der Waals surface area (Å²) in [5.74, 6) is -0.525. The predicted molar refractivity (Wildman–Crippen MR) is 51.9 cm³/mol. The Balaban J connectivity index is 3.53. The van der Waals surface area contributed by atoms with Gasteiger partial charge in [0.2, 0.25) is 0 Å². The van der Waals surface area contributed by atoms with E-state index in [-0.39, 0.29) is 14.9 Å². The van der Waals surface area contributed by atoms with Gasteiger partial charge >= 0.3 is 0 Å². The topological polar surface area (TPSA) is 34.1 Å². The standard InChI is InChI=1S/C8H8BrFO2S/c1-5-7(13(2,11)12)4-3-6(9)8(5)10/h3-4H,1-2H3. The first-order valence-electron chi connectivity index (χ1n) is 3.48. The Morgan fingerprint density at radius 3 is 2.38 bits per heavy atom. The maximum Gasteiger partial charge on any atom is 0.175 e. The molecule has 0 saturated carbocycles. The molecule has 5 heteroatoms. The van der Waals surface area contributed by atoms with Gasteiger partial charge in [-0.1, -0.05) is 0 Å². The molecule has 0 amide bonds. The second-order valence-corrected chi connectivity index (χ2v) is 5.60. The normalized spacial score (nSPS) is 11.7. The zero-order chi connectivity index (χ0) is 10.2. The minimum Gasteiger partial charge on any atom is -0.224 e. The lowest BCUT2D eigenvalue weighted by atomic mass is 10.2. The summed E-state index contributed by atoms with van der Waals surface area (Å²) in [5, 5.41) is 0. The maximum atomic E-state index is 13.2. The van der Waals surface area contributed by atoms with Crippen LogP contribution in [0.25, 0.3) is 0 Å². The molecule has 72 valence electrons. The van der Waals surface area contributed by atoms with Crippen molar-refractivity contribution in [1.29, 1.82) is 0 Å². The fourth-order valence-corrected chi connectivity index (χ4v) is 2.43. The quantitative estimate of drug-likeness (QED) is 0.782. The molecule has 2 nitrogen and oxygen atoms in total. The molecule has 0 unspecified atom stereocenters. The predicted octanol–water partition coefficient (Wildman–Crippen LogP) is 2.30. The Hall–Kier alpha value is -0.420. The van der Waals surface area contributed by atoms with E-state index in [1.165, 1.54) is 19.1 Å². The minimum atomic E-state index is -3.33. The maximum absolute atomic E-state index is 13.2. The summed E-state index contributed by atoms with van der Waals surface area (Å²) in [6.07, 6.45) is 1.06. The number of sulfone groups is 1. The van der Waals surface area contributed by atoms with Crippen LogP contribution in [0.4, 0.5) is 4.39 Å². The molecule has 0 spiro atoms. The summed E-state index contributed by atoms with van der Waals surface area (Å²) in [5.41, 5.74) is 0.150. The van der Waals surface area contributed by atoms with Gasteiger partial charge in [-0.15, -0.1) is 0 Å². The zero-order valence-electron chi connectivity index (χ0n) is 7.14. The molecule has 1 rings (SSSR count). The van der Waals surface area contributed by atoms with Crippen molar-refractivity contribution in [3.63, 3.8) is 0 Å². The molecule has 0 radical (unpaired) electrons. The Morgan fingerprint density at radius 1 is 1.38 bits per heavy atom. The largest absolute Gasteiger partial charge is 0.224 e. The van der Waals surface area contributed by atoms with Crippen LogP contribution in [0.2, 0.25) is 0 Å². The average molecular weight is 267 g/mol. The van der Waals surface area contributed by atoms with Gasteiger partial charge in [0.25, 0.3) is 0 Å². The highest BCUT2D eigenvalue weighted by molar-refractivity contribution is 9.10. The minimum absolute atomic E-state index is 0.0354. The van der Waals surface area contributed by atoms with E-state index in [4.69, 9.17) is 0 Å². The molecule has 0 aliphatic rings. The Labute approximate surface area is 84.8 Å². The Morgan fingerprint density at radius 2 is 1.92 bits per heavy atom. The van der Waals surface area contributed by atoms with Crippen molar-refractivity contribution < 1.29 is 12.8 Å². The lowest BCUT2D eigenvalue weighted by molar-refractivity contribution is 0.588. The Kier molecular flexibility index (Phi) is 2.77. The summed E-state index contributed by atoms with van der Waals surface area (Å²) in [7, 11) is -3.33. The molecule has 1 aromatic carbocycles. The van der Waals surface area contributed by atoms with Crippen molar-refractivity contribution >= 4 is 25.8 Å². The van der Waals surface area contributed by atoms with Crippen LogP contribution in [-0.4, -0.2) is 14.7 Å². The zero-order valence-corrected chi connectivity index (χ0v) is 9.54. The summed E-state index contributed by atoms with van der Waals surface area (Å²) >= 11 is 2.98. The van der Waals surface area contributed by atoms with Crippen LogP contribution < -0.4 is 0 Å². The lowest BCUT2D eigenvalue weighted by Crippen LogP contribution is -2.02. The Bertz CT molecular complexity index is 440. The van der Waals surface area contributed by atoms with Crippen LogP contribution in [0.3, 0.4) is 0 Å². The second-order valence-electron chi connectivity index (χ2n) is 2.76. The molecular weight excluding hydrogens is 259 g/mol. The fourth-order valence-electron chi connectivity index (χ4n) is 1.04. The number of hydrogen-bond donors (Lipinski definition) is 0. The van der Waals surface area contributed by atoms with E-state index in [9.17, 15) is 12.8 Å². The van der Waals surface area contributed by atoms with Gasteiger partial charge < -0.3 is 0 Å². The van der Waals surface area contributed by atoms with Crippen molar-refractivity contribution in [3.8, 4) is 0 Å². The van der Waals surface area contributed by atoms with Crippen molar-refractivity contribution in [2.75, 3.05) is 6.26 Å². The van der Waals surface area contributed by atoms with E-state index >= 15 is 0 Å². The van der Waals surface area contributed by atoms with Gasteiger partial charge in [-0.2, -0.15) is 0 Å². The highest BCUT2D eigenvalue weighted by Gasteiger charge is 2.15. The van der Waals surface area contributed by atoms with Crippen LogP contribution in [0.1, 0.15) is 5.56 Å². The third-order valence-corrected chi connectivity index (χ3v) is 3.54. The molecule has 0 bridgehead atoms. The third-order valence-electron chi connectivity index (χ3n) is 1.69. The number of benzene rings is 1. The van der Waals surface area contributed by atoms with E-state index in [0.717, 1.165) is 6.26 Å². The summed E-state index contributed by atoms with van der Waals surface area (Å²) in [6.45, 7) is 1.44. The average Bonchev–Trinajstić information content (AvgIpc) is 1.98. The van der Waals surface area contributed by atoms with E-state index < -0.39 is 15.7 Å². The smallest absolute Gasteiger partial charge is 0.175 e. The van der Waals surface area contributed by atoms with Gasteiger partial charge in [0.15, 0.2) is 9.84 Å². The molecule has 0 aliphatic heterocycles. The first-order chi connectivity index (χ1) is 5.84. The van der Waals surface area contributed by atoms with Gasteiger partial charge in [0.1, 0.15) is 5.82 Å². The molecule has 0 aromatic heterocycles. The molecule has 0 N–H and O–H groups in total. The van der Waals surface area contributed by atoms with Gasteiger partial charge in [0.05, 0.1) is 9.37 Å². The molecule has 13 heavy (non-hydrogen) atoms. The molecule has 0 saturated heterocycles. The first-order valence-corrected chi connectivity index (χ1v) is 6.17. The highest BCUT2D eigenvalue weighted by Crippen LogP contribution is 2.24. The molecule has 1 aromatic rings. The lowest BCUT2D eigenvalue weighted by Gasteiger charge is -2.05. The van der Waals surface area contributed by atoms with E-state index in [0.29, 0.717) is 0 Å².